The van der Waals surface area contributed by atoms with Crippen LogP contribution < -0.4 is 20.3 Å². The molecule has 7 heteroatoms. The lowest BCUT2D eigenvalue weighted by molar-refractivity contribution is -0.123. The lowest BCUT2D eigenvalue weighted by atomic mass is 10.1. The highest BCUT2D eigenvalue weighted by molar-refractivity contribution is 5.99. The molecule has 1 heterocycles. The molecule has 0 aliphatic heterocycles. The number of hydrogen-bond donors (Lipinski definition) is 2. The molecule has 0 unspecified atom stereocenters. The van der Waals surface area contributed by atoms with E-state index in [4.69, 9.17) is 13.9 Å². The first kappa shape index (κ1) is 18.3. The summed E-state index contributed by atoms with van der Waals surface area (Å²) < 4.78 is 16.4. The van der Waals surface area contributed by atoms with Crippen LogP contribution >= 0.6 is 0 Å². The average Bonchev–Trinajstić information content (AvgIpc) is 3.03. The van der Waals surface area contributed by atoms with Crippen molar-refractivity contribution in [2.45, 2.75) is 13.8 Å². The van der Waals surface area contributed by atoms with Crippen LogP contribution in [0.15, 0.2) is 52.9 Å². The first-order valence-corrected chi connectivity index (χ1v) is 8.52. The smallest absolute Gasteiger partial charge is 0.305 e. The second kappa shape index (κ2) is 8.27. The lowest BCUT2D eigenvalue weighted by Crippen LogP contribution is -2.43. The van der Waals surface area contributed by atoms with E-state index in [1.165, 1.54) is 0 Å². The maximum Gasteiger partial charge on any atom is 0.305 e. The van der Waals surface area contributed by atoms with Gasteiger partial charge in [-0.2, -0.15) is 0 Å². The summed E-state index contributed by atoms with van der Waals surface area (Å²) in [4.78, 5) is 24.2. The molecule has 0 fully saturated rings. The van der Waals surface area contributed by atoms with Gasteiger partial charge in [-0.15, -0.1) is 0 Å². The molecule has 0 aliphatic carbocycles. The van der Waals surface area contributed by atoms with E-state index in [2.05, 4.69) is 10.9 Å². The number of carbonyl (C=O) groups excluding carboxylic acids is 2. The molecule has 140 valence electrons. The van der Waals surface area contributed by atoms with Gasteiger partial charge in [0.15, 0.2) is 23.9 Å². The van der Waals surface area contributed by atoms with Gasteiger partial charge < -0.3 is 13.9 Å². The Bertz CT molecular complexity index is 964. The third-order valence-corrected chi connectivity index (χ3v) is 3.87. The van der Waals surface area contributed by atoms with Gasteiger partial charge in [0.05, 0.1) is 6.61 Å². The van der Waals surface area contributed by atoms with Crippen LogP contribution in [-0.2, 0) is 4.79 Å². The van der Waals surface area contributed by atoms with Gasteiger partial charge in [-0.1, -0.05) is 30.3 Å². The molecule has 0 saturated carbocycles. The molecule has 1 aromatic heterocycles. The number of benzene rings is 2. The highest BCUT2D eigenvalue weighted by atomic mass is 16.5. The second-order valence-corrected chi connectivity index (χ2v) is 5.72. The number of ether oxygens (including phenoxy) is 2. The van der Waals surface area contributed by atoms with Gasteiger partial charge in [-0.05, 0) is 32.0 Å². The molecule has 3 rings (SSSR count). The van der Waals surface area contributed by atoms with Crippen molar-refractivity contribution in [3.05, 3.63) is 59.9 Å². The SMILES string of the molecule is CCOc1ccccc1OCC(=O)NNC(=O)c1oc2ccccc2c1C. The summed E-state index contributed by atoms with van der Waals surface area (Å²) in [5, 5.41) is 0.852. The van der Waals surface area contributed by atoms with Crippen LogP contribution in [-0.4, -0.2) is 25.0 Å². The van der Waals surface area contributed by atoms with Crippen molar-refractivity contribution in [2.75, 3.05) is 13.2 Å². The van der Waals surface area contributed by atoms with Crippen molar-refractivity contribution in [2.24, 2.45) is 0 Å². The number of rotatable bonds is 6. The zero-order valence-electron chi connectivity index (χ0n) is 15.1. The highest BCUT2D eigenvalue weighted by Gasteiger charge is 2.18. The van der Waals surface area contributed by atoms with E-state index in [0.29, 0.717) is 29.3 Å². The molecule has 0 radical (unpaired) electrons. The summed E-state index contributed by atoms with van der Waals surface area (Å²) in [6.07, 6.45) is 0. The molecule has 2 N–H and O–H groups in total. The fraction of sp³-hybridized carbons (Fsp3) is 0.200. The Balaban J connectivity index is 1.56. The quantitative estimate of drug-likeness (QED) is 0.653. The van der Waals surface area contributed by atoms with Crippen LogP contribution in [0.25, 0.3) is 11.0 Å². The van der Waals surface area contributed by atoms with E-state index in [-0.39, 0.29) is 12.4 Å². The first-order valence-electron chi connectivity index (χ1n) is 8.52. The fourth-order valence-corrected chi connectivity index (χ4v) is 2.60. The first-order chi connectivity index (χ1) is 13.1. The Kier molecular flexibility index (Phi) is 5.61. The van der Waals surface area contributed by atoms with Crippen molar-refractivity contribution in [1.82, 2.24) is 10.9 Å². The van der Waals surface area contributed by atoms with E-state index in [1.807, 2.05) is 31.2 Å². The van der Waals surface area contributed by atoms with Crippen LogP contribution in [0.3, 0.4) is 0 Å². The second-order valence-electron chi connectivity index (χ2n) is 5.72. The predicted octanol–water partition coefficient (Wildman–Crippen LogP) is 2.98. The molecule has 0 bridgehead atoms. The van der Waals surface area contributed by atoms with Gasteiger partial charge in [0.1, 0.15) is 5.58 Å². The van der Waals surface area contributed by atoms with Crippen molar-refractivity contribution in [3.63, 3.8) is 0 Å². The topological polar surface area (TPSA) is 89.8 Å². The van der Waals surface area contributed by atoms with E-state index in [1.54, 1.807) is 31.2 Å². The molecule has 27 heavy (non-hydrogen) atoms. The summed E-state index contributed by atoms with van der Waals surface area (Å²) in [6, 6.07) is 14.4. The van der Waals surface area contributed by atoms with Gasteiger partial charge in [-0.3, -0.25) is 20.4 Å². The molecular weight excluding hydrogens is 348 g/mol. The molecule has 0 saturated heterocycles. The zero-order chi connectivity index (χ0) is 19.2. The van der Waals surface area contributed by atoms with Crippen LogP contribution in [0, 0.1) is 6.92 Å². The molecule has 7 nitrogen and oxygen atoms in total. The minimum Gasteiger partial charge on any atom is -0.490 e. The van der Waals surface area contributed by atoms with Gasteiger partial charge in [0, 0.05) is 10.9 Å². The van der Waals surface area contributed by atoms with Gasteiger partial charge >= 0.3 is 5.91 Å². The molecule has 0 aliphatic rings. The molecule has 2 aromatic carbocycles. The summed E-state index contributed by atoms with van der Waals surface area (Å²) in [5.74, 6) is 0.109. The minimum absolute atomic E-state index is 0.152. The van der Waals surface area contributed by atoms with E-state index in [0.717, 1.165) is 5.39 Å². The standard InChI is InChI=1S/C20H20N2O5/c1-3-25-16-10-6-7-11-17(16)26-12-18(23)21-22-20(24)19-13(2)14-8-4-5-9-15(14)27-19/h4-11H,3,12H2,1-2H3,(H,21,23)(H,22,24). The molecule has 0 atom stereocenters. The fourth-order valence-electron chi connectivity index (χ4n) is 2.60. The van der Waals surface area contributed by atoms with Gasteiger partial charge in [0.2, 0.25) is 0 Å². The number of furan rings is 1. The number of carbonyl (C=O) groups is 2. The lowest BCUT2D eigenvalue weighted by Gasteiger charge is -2.11. The molecule has 2 amide bonds. The Morgan fingerprint density at radius 3 is 2.33 bits per heavy atom. The van der Waals surface area contributed by atoms with Crippen LogP contribution in [0.4, 0.5) is 0 Å². The molecular formula is C20H20N2O5. The number of para-hydroxylation sites is 3. The normalized spacial score (nSPS) is 10.4. The highest BCUT2D eigenvalue weighted by Crippen LogP contribution is 2.26. The predicted molar refractivity (Wildman–Crippen MR) is 99.7 cm³/mol. The van der Waals surface area contributed by atoms with Gasteiger partial charge in [0.25, 0.3) is 5.91 Å². The monoisotopic (exact) mass is 368 g/mol. The maximum atomic E-state index is 12.3. The molecule has 3 aromatic rings. The third kappa shape index (κ3) is 4.20. The number of hydrogen-bond acceptors (Lipinski definition) is 5. The minimum atomic E-state index is -0.535. The third-order valence-electron chi connectivity index (χ3n) is 3.87. The summed E-state index contributed by atoms with van der Waals surface area (Å²) in [6.45, 7) is 3.86. The van der Waals surface area contributed by atoms with E-state index < -0.39 is 11.8 Å². The molecule has 0 spiro atoms. The van der Waals surface area contributed by atoms with Crippen molar-refractivity contribution >= 4 is 22.8 Å². The Morgan fingerprint density at radius 2 is 1.63 bits per heavy atom. The van der Waals surface area contributed by atoms with E-state index >= 15 is 0 Å². The number of hydrazine groups is 1. The zero-order valence-corrected chi connectivity index (χ0v) is 15.1. The Labute approximate surface area is 156 Å². The largest absolute Gasteiger partial charge is 0.490 e. The number of aryl methyl sites for hydroxylation is 1. The summed E-state index contributed by atoms with van der Waals surface area (Å²) >= 11 is 0. The van der Waals surface area contributed by atoms with Crippen molar-refractivity contribution in [1.29, 1.82) is 0 Å². The summed E-state index contributed by atoms with van der Waals surface area (Å²) in [7, 11) is 0. The van der Waals surface area contributed by atoms with Crippen molar-refractivity contribution in [3.8, 4) is 11.5 Å². The Hall–Kier alpha value is -3.48. The Morgan fingerprint density at radius 1 is 0.963 bits per heavy atom. The van der Waals surface area contributed by atoms with E-state index in [9.17, 15) is 9.59 Å². The number of amides is 2. The maximum absolute atomic E-state index is 12.3. The number of fused-ring (bicyclic) bond motifs is 1. The van der Waals surface area contributed by atoms with Crippen LogP contribution in [0.2, 0.25) is 0 Å². The summed E-state index contributed by atoms with van der Waals surface area (Å²) in [5.41, 5.74) is 5.96. The van der Waals surface area contributed by atoms with Crippen LogP contribution in [0.5, 0.6) is 11.5 Å². The van der Waals surface area contributed by atoms with Crippen LogP contribution in [0.1, 0.15) is 23.0 Å². The number of nitrogens with one attached hydrogen (secondary N) is 2. The van der Waals surface area contributed by atoms with Gasteiger partial charge in [-0.25, -0.2) is 0 Å². The average molecular weight is 368 g/mol. The van der Waals surface area contributed by atoms with Crippen molar-refractivity contribution < 1.29 is 23.5 Å².